The number of carbonyl (C=O) groups is 1. The molecule has 8 heteroatoms. The van der Waals surface area contributed by atoms with E-state index < -0.39 is 10.0 Å². The molecule has 0 aliphatic carbocycles. The standard InChI is InChI=1S/C16H19N3O3S2/c20-15(11-18-24(21,22)16-4-2-10-23-16)19-9-1-3-14(12-19)13-5-7-17-8-6-13/h2,4-8,10,14,18H,1,3,9,11-12H2. The van der Waals surface area contributed by atoms with E-state index in [4.69, 9.17) is 0 Å². The molecule has 1 unspecified atom stereocenters. The molecule has 2 aromatic rings. The highest BCUT2D eigenvalue weighted by Gasteiger charge is 2.26. The molecule has 0 bridgehead atoms. The van der Waals surface area contributed by atoms with Gasteiger partial charge in [0.1, 0.15) is 4.21 Å². The van der Waals surface area contributed by atoms with Crippen LogP contribution in [-0.2, 0) is 14.8 Å². The Kier molecular flexibility index (Phi) is 5.27. The quantitative estimate of drug-likeness (QED) is 0.877. The van der Waals surface area contributed by atoms with Crippen LogP contribution in [0.15, 0.2) is 46.2 Å². The van der Waals surface area contributed by atoms with E-state index in [1.807, 2.05) is 12.1 Å². The van der Waals surface area contributed by atoms with Gasteiger partial charge in [-0.25, -0.2) is 13.1 Å². The zero-order valence-corrected chi connectivity index (χ0v) is 14.7. The number of hydrogen-bond donors (Lipinski definition) is 1. The lowest BCUT2D eigenvalue weighted by Crippen LogP contribution is -2.44. The minimum atomic E-state index is -3.60. The lowest BCUT2D eigenvalue weighted by atomic mass is 9.91. The average Bonchev–Trinajstić information content (AvgIpc) is 3.16. The molecule has 3 heterocycles. The Bertz CT molecular complexity index is 776. The van der Waals surface area contributed by atoms with E-state index >= 15 is 0 Å². The fourth-order valence-electron chi connectivity index (χ4n) is 2.87. The summed E-state index contributed by atoms with van der Waals surface area (Å²) in [6.45, 7) is 1.08. The van der Waals surface area contributed by atoms with Crippen molar-refractivity contribution >= 4 is 27.3 Å². The largest absolute Gasteiger partial charge is 0.341 e. The van der Waals surface area contributed by atoms with Crippen LogP contribution in [0.1, 0.15) is 24.3 Å². The molecular formula is C16H19N3O3S2. The number of rotatable bonds is 5. The van der Waals surface area contributed by atoms with Crippen LogP contribution in [0.25, 0.3) is 0 Å². The molecule has 128 valence electrons. The summed E-state index contributed by atoms with van der Waals surface area (Å²) in [6.07, 6.45) is 5.45. The molecule has 3 rings (SSSR count). The van der Waals surface area contributed by atoms with Crippen LogP contribution in [0.4, 0.5) is 0 Å². The summed E-state index contributed by atoms with van der Waals surface area (Å²) >= 11 is 1.13. The van der Waals surface area contributed by atoms with Crippen molar-refractivity contribution in [3.63, 3.8) is 0 Å². The topological polar surface area (TPSA) is 79.4 Å². The number of sulfonamides is 1. The molecule has 6 nitrogen and oxygen atoms in total. The van der Waals surface area contributed by atoms with Gasteiger partial charge in [-0.3, -0.25) is 9.78 Å². The second-order valence-electron chi connectivity index (χ2n) is 5.72. The number of aromatic nitrogens is 1. The smallest absolute Gasteiger partial charge is 0.250 e. The Balaban J connectivity index is 1.59. The van der Waals surface area contributed by atoms with E-state index in [-0.39, 0.29) is 22.6 Å². The summed E-state index contributed by atoms with van der Waals surface area (Å²) in [5, 5.41) is 1.69. The van der Waals surface area contributed by atoms with E-state index in [1.54, 1.807) is 28.7 Å². The number of pyridine rings is 1. The van der Waals surface area contributed by atoms with Gasteiger partial charge in [-0.05, 0) is 42.0 Å². The Labute approximate surface area is 145 Å². The first-order chi connectivity index (χ1) is 11.6. The van der Waals surface area contributed by atoms with Crippen molar-refractivity contribution in [1.82, 2.24) is 14.6 Å². The maximum Gasteiger partial charge on any atom is 0.250 e. The highest BCUT2D eigenvalue weighted by atomic mass is 32.2. The molecule has 1 aliphatic rings. The maximum absolute atomic E-state index is 12.4. The monoisotopic (exact) mass is 365 g/mol. The predicted octanol–water partition coefficient (Wildman–Crippen LogP) is 1.83. The van der Waals surface area contributed by atoms with Gasteiger partial charge >= 0.3 is 0 Å². The third-order valence-corrected chi connectivity index (χ3v) is 6.92. The van der Waals surface area contributed by atoms with Gasteiger partial charge in [0.25, 0.3) is 10.0 Å². The van der Waals surface area contributed by atoms with Crippen molar-refractivity contribution in [3.8, 4) is 0 Å². The number of amides is 1. The van der Waals surface area contributed by atoms with E-state index in [0.29, 0.717) is 13.1 Å². The van der Waals surface area contributed by atoms with Gasteiger partial charge in [-0.2, -0.15) is 0 Å². The minimum absolute atomic E-state index is 0.186. The van der Waals surface area contributed by atoms with Crippen LogP contribution < -0.4 is 4.72 Å². The molecule has 0 radical (unpaired) electrons. The Hall–Kier alpha value is -1.77. The number of hydrogen-bond acceptors (Lipinski definition) is 5. The van der Waals surface area contributed by atoms with Crippen molar-refractivity contribution in [2.24, 2.45) is 0 Å². The second kappa shape index (κ2) is 7.42. The maximum atomic E-state index is 12.4. The number of thiophene rings is 1. The first kappa shape index (κ1) is 17.1. The van der Waals surface area contributed by atoms with E-state index in [1.165, 1.54) is 11.6 Å². The molecule has 1 fully saturated rings. The van der Waals surface area contributed by atoms with E-state index in [2.05, 4.69) is 9.71 Å². The summed E-state index contributed by atoms with van der Waals surface area (Å²) in [6, 6.07) is 7.14. The summed E-state index contributed by atoms with van der Waals surface area (Å²) < 4.78 is 26.8. The molecule has 1 aliphatic heterocycles. The van der Waals surface area contributed by atoms with Crippen molar-refractivity contribution in [2.75, 3.05) is 19.6 Å². The van der Waals surface area contributed by atoms with Crippen molar-refractivity contribution < 1.29 is 13.2 Å². The molecule has 1 atom stereocenters. The number of nitrogens with zero attached hydrogens (tertiary/aromatic N) is 2. The van der Waals surface area contributed by atoms with Crippen LogP contribution in [0.5, 0.6) is 0 Å². The van der Waals surface area contributed by atoms with E-state index in [0.717, 1.165) is 24.2 Å². The van der Waals surface area contributed by atoms with Crippen LogP contribution in [0, 0.1) is 0 Å². The lowest BCUT2D eigenvalue weighted by Gasteiger charge is -2.33. The van der Waals surface area contributed by atoms with Gasteiger partial charge in [0.15, 0.2) is 0 Å². The summed E-state index contributed by atoms with van der Waals surface area (Å²) in [4.78, 5) is 18.1. The van der Waals surface area contributed by atoms with Crippen molar-refractivity contribution in [3.05, 3.63) is 47.6 Å². The van der Waals surface area contributed by atoms with E-state index in [9.17, 15) is 13.2 Å². The van der Waals surface area contributed by atoms with Crippen molar-refractivity contribution in [2.45, 2.75) is 23.0 Å². The summed E-state index contributed by atoms with van der Waals surface area (Å²) in [5.74, 6) is 0.0912. The van der Waals surface area contributed by atoms with Gasteiger partial charge in [0.05, 0.1) is 6.54 Å². The molecule has 0 aromatic carbocycles. The van der Waals surface area contributed by atoms with Gasteiger partial charge in [-0.1, -0.05) is 6.07 Å². The molecule has 2 aromatic heterocycles. The Morgan fingerprint density at radius 2 is 2.12 bits per heavy atom. The van der Waals surface area contributed by atoms with Crippen LogP contribution >= 0.6 is 11.3 Å². The van der Waals surface area contributed by atoms with Gasteiger partial charge < -0.3 is 4.90 Å². The average molecular weight is 365 g/mol. The molecule has 24 heavy (non-hydrogen) atoms. The van der Waals surface area contributed by atoms with Gasteiger partial charge in [0, 0.05) is 31.4 Å². The summed E-state index contributed by atoms with van der Waals surface area (Å²) in [7, 11) is -3.60. The lowest BCUT2D eigenvalue weighted by molar-refractivity contribution is -0.131. The molecular weight excluding hydrogens is 346 g/mol. The molecule has 0 saturated carbocycles. The highest BCUT2D eigenvalue weighted by Crippen LogP contribution is 2.26. The molecule has 1 saturated heterocycles. The van der Waals surface area contributed by atoms with Crippen molar-refractivity contribution in [1.29, 1.82) is 0 Å². The first-order valence-electron chi connectivity index (χ1n) is 7.77. The Morgan fingerprint density at radius 1 is 1.33 bits per heavy atom. The van der Waals surface area contributed by atoms with Crippen LogP contribution in [-0.4, -0.2) is 43.8 Å². The van der Waals surface area contributed by atoms with Gasteiger partial charge in [-0.15, -0.1) is 11.3 Å². The number of carbonyl (C=O) groups excluding carboxylic acids is 1. The third kappa shape index (κ3) is 4.00. The van der Waals surface area contributed by atoms with Crippen LogP contribution in [0.2, 0.25) is 0 Å². The third-order valence-electron chi connectivity index (χ3n) is 4.12. The van der Waals surface area contributed by atoms with Crippen LogP contribution in [0.3, 0.4) is 0 Å². The second-order valence-corrected chi connectivity index (χ2v) is 8.66. The first-order valence-corrected chi connectivity index (χ1v) is 10.1. The number of nitrogens with one attached hydrogen (secondary N) is 1. The normalized spacial score (nSPS) is 18.5. The molecule has 1 N–H and O–H groups in total. The fourth-order valence-corrected chi connectivity index (χ4v) is 4.88. The molecule has 0 spiro atoms. The number of piperidine rings is 1. The zero-order valence-electron chi connectivity index (χ0n) is 13.1. The SMILES string of the molecule is O=C(CNS(=O)(=O)c1cccs1)N1CCCC(c2ccncc2)C1. The highest BCUT2D eigenvalue weighted by molar-refractivity contribution is 7.91. The Morgan fingerprint density at radius 3 is 2.83 bits per heavy atom. The predicted molar refractivity (Wildman–Crippen MR) is 92.3 cm³/mol. The van der Waals surface area contributed by atoms with Gasteiger partial charge in [0.2, 0.25) is 5.91 Å². The molecule has 1 amide bonds. The minimum Gasteiger partial charge on any atom is -0.341 e. The zero-order chi connectivity index (χ0) is 17.0. The number of likely N-dealkylation sites (tertiary alicyclic amines) is 1. The fraction of sp³-hybridized carbons (Fsp3) is 0.375. The summed E-state index contributed by atoms with van der Waals surface area (Å²) in [5.41, 5.74) is 1.17.